The van der Waals surface area contributed by atoms with E-state index in [4.69, 9.17) is 18.9 Å². The molecule has 2 aromatic carbocycles. The van der Waals surface area contributed by atoms with Crippen LogP contribution in [-0.2, 0) is 12.8 Å². The Hall–Kier alpha value is -6.54. The summed E-state index contributed by atoms with van der Waals surface area (Å²) in [6.07, 6.45) is 4.55. The fourth-order valence-electron chi connectivity index (χ4n) is 6.36. The Kier molecular flexibility index (Phi) is 11.0. The highest BCUT2D eigenvalue weighted by atomic mass is 19.3. The van der Waals surface area contributed by atoms with Gasteiger partial charge in [-0.25, -0.2) is 36.6 Å². The Labute approximate surface area is 326 Å². The number of alkyl halides is 4. The predicted octanol–water partition coefficient (Wildman–Crippen LogP) is 4.62. The SMILES string of the molecule is C[C@@]1(CO)Cc2cc(NC(=O)c3cnn4cccnc34)c(OCC(F)F)cc2O1.C[C@]1(CO)Cc2cc(NC(=O)c3cnn4cccnc34)c(OCC(F)F)cc2O1. The molecule has 304 valence electrons. The quantitative estimate of drug-likeness (QED) is 0.126. The van der Waals surface area contributed by atoms with E-state index in [1.807, 2.05) is 0 Å². The van der Waals surface area contributed by atoms with Gasteiger partial charge in [-0.1, -0.05) is 0 Å². The highest BCUT2D eigenvalue weighted by Crippen LogP contribution is 2.43. The molecule has 0 saturated heterocycles. The van der Waals surface area contributed by atoms with Crippen molar-refractivity contribution < 1.29 is 56.3 Å². The molecule has 0 saturated carbocycles. The maximum absolute atomic E-state index is 12.8. The molecule has 0 unspecified atom stereocenters. The topological polar surface area (TPSA) is 196 Å². The van der Waals surface area contributed by atoms with E-state index in [9.17, 15) is 37.4 Å². The lowest BCUT2D eigenvalue weighted by atomic mass is 10.00. The van der Waals surface area contributed by atoms with Crippen molar-refractivity contribution in [3.05, 3.63) is 95.8 Å². The summed E-state index contributed by atoms with van der Waals surface area (Å²) < 4.78 is 75.4. The minimum absolute atomic E-state index is 0.0454. The summed E-state index contributed by atoms with van der Waals surface area (Å²) in [7, 11) is 0. The van der Waals surface area contributed by atoms with Crippen molar-refractivity contribution in [3.8, 4) is 23.0 Å². The number of hydrogen-bond donors (Lipinski definition) is 4. The first-order valence-corrected chi connectivity index (χ1v) is 17.7. The average molecular weight is 809 g/mol. The third kappa shape index (κ3) is 8.42. The number of hydrogen-bond acceptors (Lipinski definition) is 12. The van der Waals surface area contributed by atoms with Crippen LogP contribution in [0.4, 0.5) is 28.9 Å². The number of carbonyl (C=O) groups excluding carboxylic acids is 2. The Morgan fingerprint density at radius 3 is 1.53 bits per heavy atom. The van der Waals surface area contributed by atoms with Crippen molar-refractivity contribution >= 4 is 34.5 Å². The van der Waals surface area contributed by atoms with Crippen molar-refractivity contribution in [1.29, 1.82) is 0 Å². The second-order valence-electron chi connectivity index (χ2n) is 13.9. The van der Waals surface area contributed by atoms with Crippen LogP contribution in [0.3, 0.4) is 0 Å². The van der Waals surface area contributed by atoms with Crippen molar-refractivity contribution in [2.45, 2.75) is 50.7 Å². The van der Waals surface area contributed by atoms with E-state index in [0.717, 1.165) is 11.1 Å². The molecule has 0 spiro atoms. The molecule has 2 aliphatic rings. The molecule has 4 N–H and O–H groups in total. The fraction of sp³-hybridized carbons (Fsp3) is 0.316. The van der Waals surface area contributed by atoms with Crippen molar-refractivity contribution in [2.24, 2.45) is 0 Å². The van der Waals surface area contributed by atoms with E-state index in [1.54, 1.807) is 50.5 Å². The van der Waals surface area contributed by atoms with Crippen LogP contribution in [0.15, 0.2) is 73.6 Å². The summed E-state index contributed by atoms with van der Waals surface area (Å²) in [6.45, 7) is 1.36. The normalized spacial score (nSPS) is 18.0. The zero-order valence-corrected chi connectivity index (χ0v) is 30.9. The summed E-state index contributed by atoms with van der Waals surface area (Å²) in [6, 6.07) is 9.46. The van der Waals surface area contributed by atoms with Crippen LogP contribution in [0.2, 0.25) is 0 Å². The van der Waals surface area contributed by atoms with Crippen molar-refractivity contribution in [2.75, 3.05) is 37.1 Å². The van der Waals surface area contributed by atoms with Crippen LogP contribution in [0.25, 0.3) is 11.3 Å². The molecule has 4 aromatic heterocycles. The summed E-state index contributed by atoms with van der Waals surface area (Å²) in [5.41, 5.74) is 1.40. The summed E-state index contributed by atoms with van der Waals surface area (Å²) in [5.74, 6) is -0.0928. The molecular weight excluding hydrogens is 772 g/mol. The van der Waals surface area contributed by atoms with E-state index >= 15 is 0 Å². The van der Waals surface area contributed by atoms with Crippen LogP contribution in [0, 0.1) is 0 Å². The van der Waals surface area contributed by atoms with E-state index < -0.39 is 49.1 Å². The number of carbonyl (C=O) groups is 2. The Balaban J connectivity index is 0.000000177. The first-order valence-electron chi connectivity index (χ1n) is 17.7. The van der Waals surface area contributed by atoms with Gasteiger partial charge in [-0.2, -0.15) is 10.2 Å². The highest BCUT2D eigenvalue weighted by molar-refractivity contribution is 6.09. The Morgan fingerprint density at radius 1 is 0.741 bits per heavy atom. The smallest absolute Gasteiger partial charge is 0.272 e. The Morgan fingerprint density at radius 2 is 1.16 bits per heavy atom. The molecular formula is C38H36F4N8O8. The third-order valence-corrected chi connectivity index (χ3v) is 9.11. The van der Waals surface area contributed by atoms with Gasteiger partial charge in [0.05, 0.1) is 37.0 Å². The number of amides is 2. The zero-order chi connectivity index (χ0) is 41.2. The first kappa shape index (κ1) is 39.7. The van der Waals surface area contributed by atoms with Gasteiger partial charge in [-0.3, -0.25) is 9.59 Å². The second-order valence-corrected chi connectivity index (χ2v) is 13.9. The lowest BCUT2D eigenvalue weighted by Gasteiger charge is -2.20. The minimum atomic E-state index is -2.68. The maximum Gasteiger partial charge on any atom is 0.272 e. The number of fused-ring (bicyclic) bond motifs is 4. The van der Waals surface area contributed by atoms with Gasteiger partial charge in [0, 0.05) is 60.9 Å². The molecule has 0 fully saturated rings. The van der Waals surface area contributed by atoms with Gasteiger partial charge >= 0.3 is 0 Å². The summed E-state index contributed by atoms with van der Waals surface area (Å²) in [5, 5.41) is 32.6. The van der Waals surface area contributed by atoms with Gasteiger partial charge < -0.3 is 39.8 Å². The highest BCUT2D eigenvalue weighted by Gasteiger charge is 2.37. The Bertz CT molecular complexity index is 2310. The second kappa shape index (κ2) is 16.1. The number of rotatable bonds is 12. The number of halogens is 4. The molecule has 2 amide bonds. The van der Waals surface area contributed by atoms with Gasteiger partial charge in [-0.15, -0.1) is 0 Å². The van der Waals surface area contributed by atoms with E-state index in [0.29, 0.717) is 35.6 Å². The zero-order valence-electron chi connectivity index (χ0n) is 30.9. The van der Waals surface area contributed by atoms with Crippen LogP contribution in [0.5, 0.6) is 23.0 Å². The van der Waals surface area contributed by atoms with Crippen LogP contribution < -0.4 is 29.6 Å². The molecule has 0 bridgehead atoms. The molecule has 0 aliphatic carbocycles. The number of aromatic nitrogens is 6. The van der Waals surface area contributed by atoms with E-state index in [1.165, 1.54) is 46.0 Å². The fourth-order valence-corrected chi connectivity index (χ4v) is 6.36. The number of aliphatic hydroxyl groups excluding tert-OH is 2. The molecule has 16 nitrogen and oxygen atoms in total. The number of anilines is 2. The molecule has 6 aromatic rings. The number of nitrogens with one attached hydrogen (secondary N) is 2. The van der Waals surface area contributed by atoms with Gasteiger partial charge in [0.1, 0.15) is 58.5 Å². The summed E-state index contributed by atoms with van der Waals surface area (Å²) in [4.78, 5) is 33.8. The lowest BCUT2D eigenvalue weighted by Crippen LogP contribution is -2.34. The summed E-state index contributed by atoms with van der Waals surface area (Å²) >= 11 is 0. The number of aliphatic hydroxyl groups is 2. The molecule has 6 heterocycles. The van der Waals surface area contributed by atoms with Gasteiger partial charge in [0.15, 0.2) is 11.3 Å². The average Bonchev–Trinajstić information content (AvgIpc) is 3.98. The first-order chi connectivity index (χ1) is 27.8. The van der Waals surface area contributed by atoms with E-state index in [2.05, 4.69) is 30.8 Å². The minimum Gasteiger partial charge on any atom is -0.485 e. The number of nitrogens with zero attached hydrogens (tertiary/aromatic N) is 6. The number of ether oxygens (including phenoxy) is 4. The maximum atomic E-state index is 12.8. The standard InChI is InChI=1S/2C19H18F2N4O4/c2*1-19(10-26)7-11-5-13(15(6-14(11)29-19)28-9-16(20)21)24-18(27)12-8-23-25-4-2-3-22-17(12)25/h2*2-6,8,16,26H,7,9-10H2,1H3,(H,24,27)/t2*19-/m10/s1. The van der Waals surface area contributed by atoms with Crippen molar-refractivity contribution in [1.82, 2.24) is 29.2 Å². The monoisotopic (exact) mass is 808 g/mol. The van der Waals surface area contributed by atoms with E-state index in [-0.39, 0.29) is 47.2 Å². The largest absolute Gasteiger partial charge is 0.485 e. The van der Waals surface area contributed by atoms with Gasteiger partial charge in [0.25, 0.3) is 24.7 Å². The lowest BCUT2D eigenvalue weighted by molar-refractivity contribution is 0.0442. The van der Waals surface area contributed by atoms with Gasteiger partial charge in [-0.05, 0) is 38.1 Å². The van der Waals surface area contributed by atoms with Crippen LogP contribution >= 0.6 is 0 Å². The molecule has 20 heteroatoms. The number of benzene rings is 2. The predicted molar refractivity (Wildman–Crippen MR) is 197 cm³/mol. The molecule has 58 heavy (non-hydrogen) atoms. The molecule has 2 atom stereocenters. The molecule has 2 aliphatic heterocycles. The molecule has 8 rings (SSSR count). The van der Waals surface area contributed by atoms with Crippen LogP contribution in [-0.4, -0.2) is 102 Å². The molecule has 0 radical (unpaired) electrons. The van der Waals surface area contributed by atoms with Crippen LogP contribution in [0.1, 0.15) is 45.7 Å². The van der Waals surface area contributed by atoms with Crippen molar-refractivity contribution in [3.63, 3.8) is 0 Å². The third-order valence-electron chi connectivity index (χ3n) is 9.11. The van der Waals surface area contributed by atoms with Gasteiger partial charge in [0.2, 0.25) is 0 Å².